The van der Waals surface area contributed by atoms with E-state index in [4.69, 9.17) is 11.6 Å². The number of rotatable bonds is 5. The van der Waals surface area contributed by atoms with Crippen molar-refractivity contribution >= 4 is 32.9 Å². The maximum absolute atomic E-state index is 12.4. The molecule has 0 spiro atoms. The fourth-order valence-corrected chi connectivity index (χ4v) is 5.08. The first-order valence-corrected chi connectivity index (χ1v) is 11.0. The molecule has 1 aromatic carbocycles. The molecule has 2 aliphatic rings. The van der Waals surface area contributed by atoms with Crippen molar-refractivity contribution in [3.63, 3.8) is 0 Å². The van der Waals surface area contributed by atoms with Gasteiger partial charge in [-0.2, -0.15) is 0 Å². The minimum atomic E-state index is -3.27. The van der Waals surface area contributed by atoms with Gasteiger partial charge >= 0.3 is 0 Å². The van der Waals surface area contributed by atoms with E-state index in [1.165, 1.54) is 6.07 Å². The molecule has 1 saturated carbocycles. The van der Waals surface area contributed by atoms with Crippen molar-refractivity contribution in [2.24, 2.45) is 0 Å². The summed E-state index contributed by atoms with van der Waals surface area (Å²) in [6.07, 6.45) is 4.41. The summed E-state index contributed by atoms with van der Waals surface area (Å²) >= 11 is 5.84. The van der Waals surface area contributed by atoms with E-state index in [0.29, 0.717) is 41.8 Å². The quantitative estimate of drug-likeness (QED) is 0.780. The number of benzene rings is 1. The number of aromatic nitrogens is 1. The SMILES string of the molecule is O=C1CC[C@H](C=C(c2ccc(S(=O)(=O)C3CC3)cc2)c2ccc(Cl)c(=O)[nH]2)N1. The Hall–Kier alpha value is -2.38. The summed E-state index contributed by atoms with van der Waals surface area (Å²) in [6, 6.07) is 9.70. The predicted octanol–water partition coefficient (Wildman–Crippen LogP) is 2.67. The van der Waals surface area contributed by atoms with Crippen LogP contribution in [0.25, 0.3) is 5.57 Å². The first kappa shape index (κ1) is 19.0. The monoisotopic (exact) mass is 418 g/mol. The molecule has 146 valence electrons. The fourth-order valence-electron chi connectivity index (χ4n) is 3.31. The van der Waals surface area contributed by atoms with E-state index in [1.54, 1.807) is 30.3 Å². The summed E-state index contributed by atoms with van der Waals surface area (Å²) in [4.78, 5) is 26.6. The van der Waals surface area contributed by atoms with E-state index < -0.39 is 15.4 Å². The molecule has 1 aromatic heterocycles. The molecule has 1 atom stereocenters. The molecule has 2 N–H and O–H groups in total. The third kappa shape index (κ3) is 3.77. The molecule has 2 heterocycles. The lowest BCUT2D eigenvalue weighted by molar-refractivity contribution is -0.119. The number of sulfone groups is 1. The molecule has 28 heavy (non-hydrogen) atoms. The van der Waals surface area contributed by atoms with E-state index in [9.17, 15) is 18.0 Å². The summed E-state index contributed by atoms with van der Waals surface area (Å²) in [5.41, 5.74) is 1.59. The van der Waals surface area contributed by atoms with E-state index in [-0.39, 0.29) is 22.2 Å². The molecule has 8 heteroatoms. The zero-order valence-corrected chi connectivity index (χ0v) is 16.5. The second-order valence-corrected chi connectivity index (χ2v) is 9.75. The van der Waals surface area contributed by atoms with Crippen LogP contribution in [0.3, 0.4) is 0 Å². The van der Waals surface area contributed by atoms with Crippen LogP contribution in [-0.4, -0.2) is 30.6 Å². The molecule has 1 aliphatic heterocycles. The number of amides is 1. The van der Waals surface area contributed by atoms with Gasteiger partial charge in [0.25, 0.3) is 5.56 Å². The van der Waals surface area contributed by atoms with Gasteiger partial charge in [-0.25, -0.2) is 8.42 Å². The second-order valence-electron chi connectivity index (χ2n) is 7.11. The van der Waals surface area contributed by atoms with Gasteiger partial charge in [0.1, 0.15) is 5.02 Å². The van der Waals surface area contributed by atoms with Gasteiger partial charge in [0.05, 0.1) is 10.1 Å². The van der Waals surface area contributed by atoms with Crippen LogP contribution in [0.2, 0.25) is 5.02 Å². The summed E-state index contributed by atoms with van der Waals surface area (Å²) in [5, 5.41) is 2.70. The van der Waals surface area contributed by atoms with Gasteiger partial charge in [0.15, 0.2) is 9.84 Å². The van der Waals surface area contributed by atoms with Gasteiger partial charge in [0, 0.05) is 23.7 Å². The van der Waals surface area contributed by atoms with Crippen molar-refractivity contribution in [2.45, 2.75) is 41.9 Å². The van der Waals surface area contributed by atoms with Crippen LogP contribution in [0.15, 0.2) is 52.2 Å². The van der Waals surface area contributed by atoms with Gasteiger partial charge in [0.2, 0.25) is 5.91 Å². The largest absolute Gasteiger partial charge is 0.350 e. The lowest BCUT2D eigenvalue weighted by Crippen LogP contribution is -2.23. The Balaban J connectivity index is 1.74. The zero-order chi connectivity index (χ0) is 19.9. The summed E-state index contributed by atoms with van der Waals surface area (Å²) in [7, 11) is -3.27. The molecule has 6 nitrogen and oxygen atoms in total. The van der Waals surface area contributed by atoms with Gasteiger partial charge in [-0.15, -0.1) is 0 Å². The topological polar surface area (TPSA) is 96.1 Å². The van der Waals surface area contributed by atoms with Crippen molar-refractivity contribution in [2.75, 3.05) is 0 Å². The first-order chi connectivity index (χ1) is 13.3. The Bertz CT molecular complexity index is 1120. The fraction of sp³-hybridized carbons (Fsp3) is 0.300. The highest BCUT2D eigenvalue weighted by molar-refractivity contribution is 7.92. The third-order valence-corrected chi connectivity index (χ3v) is 7.58. The van der Waals surface area contributed by atoms with Crippen LogP contribution in [0.5, 0.6) is 0 Å². The molecule has 1 amide bonds. The Kier molecular flexibility index (Phi) is 4.89. The Labute approximate surface area is 167 Å². The van der Waals surface area contributed by atoms with Crippen molar-refractivity contribution in [3.8, 4) is 0 Å². The molecule has 4 rings (SSSR count). The minimum Gasteiger partial charge on any atom is -0.350 e. The van der Waals surface area contributed by atoms with Gasteiger partial charge < -0.3 is 10.3 Å². The molecule has 0 unspecified atom stereocenters. The lowest BCUT2D eigenvalue weighted by Gasteiger charge is -2.13. The average molecular weight is 419 g/mol. The highest BCUT2D eigenvalue weighted by Crippen LogP contribution is 2.34. The third-order valence-electron chi connectivity index (χ3n) is 5.01. The molecular formula is C20H19ClN2O4S. The smallest absolute Gasteiger partial charge is 0.267 e. The first-order valence-electron chi connectivity index (χ1n) is 9.09. The highest BCUT2D eigenvalue weighted by atomic mass is 35.5. The number of pyridine rings is 1. The van der Waals surface area contributed by atoms with Crippen molar-refractivity contribution < 1.29 is 13.2 Å². The van der Waals surface area contributed by atoms with E-state index in [1.807, 2.05) is 6.08 Å². The van der Waals surface area contributed by atoms with E-state index >= 15 is 0 Å². The molecule has 2 fully saturated rings. The molecular weight excluding hydrogens is 400 g/mol. The molecule has 1 saturated heterocycles. The molecule has 1 aliphatic carbocycles. The standard InChI is InChI=1S/C20H19ClN2O4S/c21-17-8-9-18(23-20(17)25)16(11-13-3-10-19(24)22-13)12-1-4-14(5-2-12)28(26,27)15-6-7-15/h1-2,4-5,8-9,11,13,15H,3,6-7,10H2,(H,22,24)(H,23,25)/t13-/m1/s1. The number of hydrogen-bond acceptors (Lipinski definition) is 4. The number of hydrogen-bond donors (Lipinski definition) is 2. The van der Waals surface area contributed by atoms with E-state index in [0.717, 1.165) is 5.56 Å². The van der Waals surface area contributed by atoms with Gasteiger partial charge in [-0.05, 0) is 49.1 Å². The molecule has 0 radical (unpaired) electrons. The number of carbonyl (C=O) groups is 1. The van der Waals surface area contributed by atoms with Crippen LogP contribution >= 0.6 is 11.6 Å². The van der Waals surface area contributed by atoms with Crippen molar-refractivity contribution in [3.05, 3.63) is 69.1 Å². The predicted molar refractivity (Wildman–Crippen MR) is 107 cm³/mol. The normalized spacial score (nSPS) is 20.2. The van der Waals surface area contributed by atoms with Gasteiger partial charge in [-0.1, -0.05) is 29.8 Å². The lowest BCUT2D eigenvalue weighted by atomic mass is 9.99. The number of carbonyl (C=O) groups excluding carboxylic acids is 1. The highest BCUT2D eigenvalue weighted by Gasteiger charge is 2.36. The molecule has 2 aromatic rings. The number of halogens is 1. The second kappa shape index (κ2) is 7.22. The van der Waals surface area contributed by atoms with Crippen LogP contribution in [0.4, 0.5) is 0 Å². The summed E-state index contributed by atoms with van der Waals surface area (Å²) in [6.45, 7) is 0. The maximum atomic E-state index is 12.4. The summed E-state index contributed by atoms with van der Waals surface area (Å²) < 4.78 is 24.8. The number of aromatic amines is 1. The Morgan fingerprint density at radius 2 is 1.75 bits per heavy atom. The van der Waals surface area contributed by atoms with E-state index in [2.05, 4.69) is 10.3 Å². The maximum Gasteiger partial charge on any atom is 0.267 e. The minimum absolute atomic E-state index is 0.0175. The Morgan fingerprint density at radius 1 is 1.04 bits per heavy atom. The summed E-state index contributed by atoms with van der Waals surface area (Å²) in [5.74, 6) is -0.0175. The number of nitrogens with one attached hydrogen (secondary N) is 2. The average Bonchev–Trinajstić information content (AvgIpc) is 3.46. The molecule has 0 bridgehead atoms. The Morgan fingerprint density at radius 3 is 2.32 bits per heavy atom. The van der Waals surface area contributed by atoms with Crippen molar-refractivity contribution in [1.29, 1.82) is 0 Å². The van der Waals surface area contributed by atoms with Crippen LogP contribution in [0.1, 0.15) is 36.9 Å². The zero-order valence-electron chi connectivity index (χ0n) is 14.9. The van der Waals surface area contributed by atoms with Crippen LogP contribution < -0.4 is 10.9 Å². The van der Waals surface area contributed by atoms with Crippen LogP contribution in [0, 0.1) is 0 Å². The number of H-pyrrole nitrogens is 1. The van der Waals surface area contributed by atoms with Gasteiger partial charge in [-0.3, -0.25) is 9.59 Å². The van der Waals surface area contributed by atoms with Crippen molar-refractivity contribution in [1.82, 2.24) is 10.3 Å². The van der Waals surface area contributed by atoms with Crippen LogP contribution in [-0.2, 0) is 14.6 Å².